The minimum Gasteiger partial charge on any atom is -0.369 e. The molecular weight excluding hydrogens is 407 g/mol. The highest BCUT2D eigenvalue weighted by atomic mass is 19.1. The number of hydrogen-bond acceptors (Lipinski definition) is 4. The van der Waals surface area contributed by atoms with Gasteiger partial charge in [0.05, 0.1) is 6.04 Å². The molecule has 0 radical (unpaired) electrons. The fourth-order valence-electron chi connectivity index (χ4n) is 4.38. The lowest BCUT2D eigenvalue weighted by Gasteiger charge is -2.37. The number of rotatable bonds is 5. The third kappa shape index (κ3) is 4.25. The van der Waals surface area contributed by atoms with Crippen molar-refractivity contribution in [1.82, 2.24) is 14.8 Å². The summed E-state index contributed by atoms with van der Waals surface area (Å²) in [6, 6.07) is 13.2. The molecule has 1 fully saturated rings. The Labute approximate surface area is 187 Å². The molecule has 0 saturated carbocycles. The van der Waals surface area contributed by atoms with Crippen molar-refractivity contribution in [1.29, 1.82) is 0 Å². The number of carbonyl (C=O) groups is 1. The predicted molar refractivity (Wildman–Crippen MR) is 126 cm³/mol. The lowest BCUT2D eigenvalue weighted by molar-refractivity contribution is 0.0930. The van der Waals surface area contributed by atoms with Crippen molar-refractivity contribution in [2.45, 2.75) is 19.9 Å². The van der Waals surface area contributed by atoms with E-state index in [0.717, 1.165) is 44.0 Å². The number of nitrogens with zero attached hydrogens (tertiary/aromatic N) is 3. The first-order valence-electron chi connectivity index (χ1n) is 11.1. The quantitative estimate of drug-likeness (QED) is 0.667. The lowest BCUT2D eigenvalue weighted by atomic mass is 10.0. The van der Waals surface area contributed by atoms with E-state index in [0.29, 0.717) is 10.8 Å². The van der Waals surface area contributed by atoms with E-state index in [1.165, 1.54) is 16.7 Å². The van der Waals surface area contributed by atoms with Gasteiger partial charge in [0, 0.05) is 49.9 Å². The fraction of sp³-hybridized carbons (Fsp3) is 0.360. The van der Waals surface area contributed by atoms with E-state index in [4.69, 9.17) is 0 Å². The van der Waals surface area contributed by atoms with E-state index in [-0.39, 0.29) is 23.0 Å². The molecule has 6 nitrogen and oxygen atoms in total. The number of carbonyl (C=O) groups excluding carboxylic acids is 1. The van der Waals surface area contributed by atoms with Crippen molar-refractivity contribution in [3.05, 3.63) is 76.0 Å². The van der Waals surface area contributed by atoms with Gasteiger partial charge in [-0.3, -0.25) is 9.59 Å². The van der Waals surface area contributed by atoms with Crippen molar-refractivity contribution in [2.24, 2.45) is 7.05 Å². The number of likely N-dealkylation sites (N-methyl/N-ethyl adjacent to an activating group) is 1. The van der Waals surface area contributed by atoms with Gasteiger partial charge in [-0.1, -0.05) is 25.1 Å². The Morgan fingerprint density at radius 3 is 2.53 bits per heavy atom. The normalized spacial score (nSPS) is 15.7. The fourth-order valence-corrected chi connectivity index (χ4v) is 4.38. The van der Waals surface area contributed by atoms with E-state index in [1.807, 2.05) is 19.1 Å². The van der Waals surface area contributed by atoms with Gasteiger partial charge < -0.3 is 19.7 Å². The Hall–Kier alpha value is -3.19. The highest BCUT2D eigenvalue weighted by molar-refractivity contribution is 5.97. The highest BCUT2D eigenvalue weighted by Gasteiger charge is 2.23. The second-order valence-corrected chi connectivity index (χ2v) is 8.30. The molecule has 2 heterocycles. The van der Waals surface area contributed by atoms with Gasteiger partial charge in [-0.15, -0.1) is 0 Å². The zero-order valence-corrected chi connectivity index (χ0v) is 18.8. The Balaban J connectivity index is 1.61. The summed E-state index contributed by atoms with van der Waals surface area (Å²) in [6.07, 6.45) is 0. The van der Waals surface area contributed by atoms with Gasteiger partial charge >= 0.3 is 0 Å². The first-order chi connectivity index (χ1) is 15.4. The molecular formula is C25H29FN4O2. The number of piperazine rings is 1. The smallest absolute Gasteiger partial charge is 0.268 e. The number of anilines is 1. The first kappa shape index (κ1) is 22.0. The number of pyridine rings is 1. The van der Waals surface area contributed by atoms with Gasteiger partial charge in [0.1, 0.15) is 11.5 Å². The molecule has 168 valence electrons. The van der Waals surface area contributed by atoms with Gasteiger partial charge in [0.15, 0.2) is 0 Å². The standard InChI is InChI=1S/C25H29FN4O2/c1-4-29-11-13-30(14-12-29)22-10-9-19(26)16-21(22)17(2)27-24(31)23-15-18-7-5-6-8-20(18)25(32)28(23)3/h5-10,15-17H,4,11-14H2,1-3H3,(H,27,31). The Morgan fingerprint density at radius 2 is 1.81 bits per heavy atom. The molecule has 4 rings (SSSR count). The SMILES string of the molecule is CCN1CCN(c2ccc(F)cc2C(C)NC(=O)c2cc3ccccc3c(=O)n2C)CC1. The molecule has 0 bridgehead atoms. The Kier molecular flexibility index (Phi) is 6.28. The number of aromatic nitrogens is 1. The highest BCUT2D eigenvalue weighted by Crippen LogP contribution is 2.28. The van der Waals surface area contributed by atoms with Gasteiger partial charge in [0.25, 0.3) is 11.5 Å². The van der Waals surface area contributed by atoms with Crippen LogP contribution in [0.3, 0.4) is 0 Å². The molecule has 2 aromatic carbocycles. The minimum atomic E-state index is -0.432. The molecule has 1 N–H and O–H groups in total. The van der Waals surface area contributed by atoms with Crippen LogP contribution in [0.4, 0.5) is 10.1 Å². The molecule has 1 atom stereocenters. The minimum absolute atomic E-state index is 0.221. The maximum atomic E-state index is 14.2. The van der Waals surface area contributed by atoms with E-state index >= 15 is 0 Å². The second kappa shape index (κ2) is 9.12. The average molecular weight is 437 g/mol. The van der Waals surface area contributed by atoms with Crippen molar-refractivity contribution >= 4 is 22.4 Å². The van der Waals surface area contributed by atoms with Crippen LogP contribution in [0.2, 0.25) is 0 Å². The third-order valence-electron chi connectivity index (χ3n) is 6.35. The van der Waals surface area contributed by atoms with Crippen LogP contribution in [0.5, 0.6) is 0 Å². The van der Waals surface area contributed by atoms with Crippen molar-refractivity contribution in [2.75, 3.05) is 37.6 Å². The summed E-state index contributed by atoms with van der Waals surface area (Å²) in [5.41, 5.74) is 1.72. The zero-order valence-electron chi connectivity index (χ0n) is 18.8. The summed E-state index contributed by atoms with van der Waals surface area (Å²) in [7, 11) is 1.59. The number of nitrogens with one attached hydrogen (secondary N) is 1. The summed E-state index contributed by atoms with van der Waals surface area (Å²) < 4.78 is 15.5. The van der Waals surface area contributed by atoms with E-state index in [1.54, 1.807) is 31.3 Å². The number of fused-ring (bicyclic) bond motifs is 1. The molecule has 1 amide bonds. The number of hydrogen-bond donors (Lipinski definition) is 1. The van der Waals surface area contributed by atoms with E-state index < -0.39 is 6.04 Å². The van der Waals surface area contributed by atoms with Crippen LogP contribution in [-0.4, -0.2) is 48.1 Å². The topological polar surface area (TPSA) is 57.6 Å². The van der Waals surface area contributed by atoms with Crippen LogP contribution < -0.4 is 15.8 Å². The number of amides is 1. The number of benzene rings is 2. The summed E-state index contributed by atoms with van der Waals surface area (Å²) in [5, 5.41) is 4.25. The third-order valence-corrected chi connectivity index (χ3v) is 6.35. The molecule has 3 aromatic rings. The average Bonchev–Trinajstić information content (AvgIpc) is 2.81. The van der Waals surface area contributed by atoms with Crippen molar-refractivity contribution in [3.63, 3.8) is 0 Å². The maximum absolute atomic E-state index is 14.2. The molecule has 1 aromatic heterocycles. The van der Waals surface area contributed by atoms with Crippen LogP contribution in [0.1, 0.15) is 35.9 Å². The van der Waals surface area contributed by atoms with Gasteiger partial charge in [-0.25, -0.2) is 4.39 Å². The zero-order chi connectivity index (χ0) is 22.8. The van der Waals surface area contributed by atoms with Crippen LogP contribution in [-0.2, 0) is 7.05 Å². The number of halogens is 1. The van der Waals surface area contributed by atoms with Gasteiger partial charge in [0.2, 0.25) is 0 Å². The van der Waals surface area contributed by atoms with Crippen LogP contribution in [0, 0.1) is 5.82 Å². The first-order valence-corrected chi connectivity index (χ1v) is 11.1. The summed E-state index contributed by atoms with van der Waals surface area (Å²) in [6.45, 7) is 8.62. The summed E-state index contributed by atoms with van der Waals surface area (Å²) in [5.74, 6) is -0.705. The second-order valence-electron chi connectivity index (χ2n) is 8.30. The monoisotopic (exact) mass is 436 g/mol. The van der Waals surface area contributed by atoms with E-state index in [9.17, 15) is 14.0 Å². The molecule has 1 saturated heterocycles. The molecule has 1 unspecified atom stereocenters. The van der Waals surface area contributed by atoms with Crippen LogP contribution >= 0.6 is 0 Å². The maximum Gasteiger partial charge on any atom is 0.268 e. The molecule has 1 aliphatic rings. The Bertz CT molecular complexity index is 1200. The molecule has 7 heteroatoms. The summed E-state index contributed by atoms with van der Waals surface area (Å²) in [4.78, 5) is 30.4. The van der Waals surface area contributed by atoms with Crippen LogP contribution in [0.15, 0.2) is 53.3 Å². The Morgan fingerprint density at radius 1 is 1.09 bits per heavy atom. The lowest BCUT2D eigenvalue weighted by Crippen LogP contribution is -2.46. The molecule has 1 aliphatic heterocycles. The van der Waals surface area contributed by atoms with Crippen molar-refractivity contribution < 1.29 is 9.18 Å². The van der Waals surface area contributed by atoms with E-state index in [2.05, 4.69) is 22.0 Å². The molecule has 0 spiro atoms. The molecule has 0 aliphatic carbocycles. The van der Waals surface area contributed by atoms with Gasteiger partial charge in [-0.05, 0) is 49.2 Å². The van der Waals surface area contributed by atoms with Gasteiger partial charge in [-0.2, -0.15) is 0 Å². The van der Waals surface area contributed by atoms with Crippen molar-refractivity contribution in [3.8, 4) is 0 Å². The summed E-state index contributed by atoms with van der Waals surface area (Å²) >= 11 is 0. The predicted octanol–water partition coefficient (Wildman–Crippen LogP) is 3.31. The largest absolute Gasteiger partial charge is 0.369 e. The van der Waals surface area contributed by atoms with Crippen LogP contribution in [0.25, 0.3) is 10.8 Å². The molecule has 32 heavy (non-hydrogen) atoms.